The molecule has 1 heterocycles. The van der Waals surface area contributed by atoms with Gasteiger partial charge in [-0.2, -0.15) is 0 Å². The van der Waals surface area contributed by atoms with Crippen LogP contribution in [0.3, 0.4) is 0 Å². The smallest absolute Gasteiger partial charge is 0.0664 e. The zero-order valence-electron chi connectivity index (χ0n) is 9.73. The monoisotopic (exact) mass is 290 g/mol. The van der Waals surface area contributed by atoms with Crippen molar-refractivity contribution in [1.82, 2.24) is 4.98 Å². The van der Waals surface area contributed by atoms with E-state index in [-0.39, 0.29) is 0 Å². The van der Waals surface area contributed by atoms with E-state index in [1.165, 1.54) is 0 Å². The first-order valence-electron chi connectivity index (χ1n) is 5.62. The average molecular weight is 291 g/mol. The predicted octanol–water partition coefficient (Wildman–Crippen LogP) is 3.46. The van der Waals surface area contributed by atoms with E-state index in [2.05, 4.69) is 40.0 Å². The summed E-state index contributed by atoms with van der Waals surface area (Å²) in [5, 5.41) is 0. The van der Waals surface area contributed by atoms with Gasteiger partial charge in [-0.25, -0.2) is 0 Å². The van der Waals surface area contributed by atoms with Gasteiger partial charge < -0.3 is 5.73 Å². The van der Waals surface area contributed by atoms with Crippen LogP contribution in [-0.4, -0.2) is 4.98 Å². The number of nitrogens with zero attached hydrogens (tertiary/aromatic N) is 1. The highest BCUT2D eigenvalue weighted by Crippen LogP contribution is 2.30. The zero-order valence-corrected chi connectivity index (χ0v) is 11.3. The molecule has 2 aromatic rings. The van der Waals surface area contributed by atoms with Gasteiger partial charge in [-0.15, -0.1) is 0 Å². The Labute approximate surface area is 110 Å². The van der Waals surface area contributed by atoms with E-state index in [1.807, 2.05) is 24.3 Å². The summed E-state index contributed by atoms with van der Waals surface area (Å²) in [7, 11) is 0. The Morgan fingerprint density at radius 3 is 2.12 bits per heavy atom. The van der Waals surface area contributed by atoms with Crippen LogP contribution in [0.5, 0.6) is 0 Å². The van der Waals surface area contributed by atoms with Gasteiger partial charge in [-0.3, -0.25) is 4.98 Å². The fourth-order valence-corrected chi connectivity index (χ4v) is 2.24. The van der Waals surface area contributed by atoms with E-state index in [9.17, 15) is 0 Å². The van der Waals surface area contributed by atoms with Crippen molar-refractivity contribution in [3.63, 3.8) is 0 Å². The van der Waals surface area contributed by atoms with Gasteiger partial charge in [0.25, 0.3) is 0 Å². The topological polar surface area (TPSA) is 38.9 Å². The van der Waals surface area contributed by atoms with Crippen LogP contribution in [0.4, 0.5) is 0 Å². The Kier molecular flexibility index (Phi) is 3.60. The van der Waals surface area contributed by atoms with E-state index in [0.717, 1.165) is 22.0 Å². The molecule has 1 unspecified atom stereocenters. The molecule has 1 aromatic carbocycles. The predicted molar refractivity (Wildman–Crippen MR) is 73.6 cm³/mol. The summed E-state index contributed by atoms with van der Waals surface area (Å²) in [6.07, 6.45) is 4.41. The summed E-state index contributed by atoms with van der Waals surface area (Å²) in [5.74, 6) is 0. The van der Waals surface area contributed by atoms with Crippen molar-refractivity contribution in [2.24, 2.45) is 5.73 Å². The van der Waals surface area contributed by atoms with Crippen LogP contribution in [0.2, 0.25) is 0 Å². The molecule has 0 radical (unpaired) electrons. The van der Waals surface area contributed by atoms with Crippen molar-refractivity contribution in [2.45, 2.75) is 18.9 Å². The van der Waals surface area contributed by atoms with Crippen molar-refractivity contribution in [2.75, 3.05) is 0 Å². The molecule has 0 aliphatic carbocycles. The van der Waals surface area contributed by atoms with Crippen molar-refractivity contribution in [3.05, 3.63) is 64.4 Å². The van der Waals surface area contributed by atoms with Gasteiger partial charge in [0.15, 0.2) is 0 Å². The molecular formula is C14H15BrN2. The largest absolute Gasteiger partial charge is 0.318 e. The normalized spacial score (nSPS) is 14.3. The van der Waals surface area contributed by atoms with Gasteiger partial charge in [-0.1, -0.05) is 35.0 Å². The molecule has 0 amide bonds. The number of halogens is 1. The molecule has 0 aliphatic heterocycles. The molecule has 0 bridgehead atoms. The van der Waals surface area contributed by atoms with E-state index in [4.69, 9.17) is 5.73 Å². The quantitative estimate of drug-likeness (QED) is 0.940. The van der Waals surface area contributed by atoms with E-state index >= 15 is 0 Å². The standard InChI is InChI=1S/C14H15BrN2/c1-2-14(16,12-7-9-17-10-8-12)11-3-5-13(15)6-4-11/h3-10H,2,16H2,1H3. The maximum Gasteiger partial charge on any atom is 0.0664 e. The third-order valence-corrected chi connectivity index (χ3v) is 3.64. The minimum atomic E-state index is -0.441. The van der Waals surface area contributed by atoms with Crippen LogP contribution < -0.4 is 5.73 Å². The van der Waals surface area contributed by atoms with E-state index in [1.54, 1.807) is 12.4 Å². The molecule has 2 rings (SSSR count). The fourth-order valence-electron chi connectivity index (χ4n) is 1.97. The number of pyridine rings is 1. The number of aromatic nitrogens is 1. The summed E-state index contributed by atoms with van der Waals surface area (Å²) in [6.45, 7) is 2.10. The Bertz CT molecular complexity index is 481. The molecule has 88 valence electrons. The number of hydrogen-bond acceptors (Lipinski definition) is 2. The summed E-state index contributed by atoms with van der Waals surface area (Å²) in [4.78, 5) is 4.04. The lowest BCUT2D eigenvalue weighted by Crippen LogP contribution is -2.37. The highest BCUT2D eigenvalue weighted by Gasteiger charge is 2.27. The molecule has 2 N–H and O–H groups in total. The van der Waals surface area contributed by atoms with Crippen molar-refractivity contribution in [1.29, 1.82) is 0 Å². The lowest BCUT2D eigenvalue weighted by molar-refractivity contribution is 0.518. The maximum atomic E-state index is 6.55. The van der Waals surface area contributed by atoms with Crippen molar-refractivity contribution in [3.8, 4) is 0 Å². The molecule has 3 heteroatoms. The lowest BCUT2D eigenvalue weighted by atomic mass is 9.82. The van der Waals surface area contributed by atoms with Crippen LogP contribution >= 0.6 is 15.9 Å². The van der Waals surface area contributed by atoms with Gasteiger partial charge in [0.2, 0.25) is 0 Å². The number of nitrogens with two attached hydrogens (primary N) is 1. The summed E-state index contributed by atoms with van der Waals surface area (Å²) >= 11 is 3.44. The average Bonchev–Trinajstić information content (AvgIpc) is 2.40. The van der Waals surface area contributed by atoms with Gasteiger partial charge in [-0.05, 0) is 41.8 Å². The van der Waals surface area contributed by atoms with Crippen LogP contribution in [0, 0.1) is 0 Å². The van der Waals surface area contributed by atoms with Crippen LogP contribution in [0.15, 0.2) is 53.3 Å². The highest BCUT2D eigenvalue weighted by atomic mass is 79.9. The second-order valence-electron chi connectivity index (χ2n) is 4.07. The molecule has 0 saturated carbocycles. The molecular weight excluding hydrogens is 276 g/mol. The Morgan fingerprint density at radius 1 is 1.06 bits per heavy atom. The second-order valence-corrected chi connectivity index (χ2v) is 4.98. The molecule has 1 aromatic heterocycles. The van der Waals surface area contributed by atoms with Gasteiger partial charge >= 0.3 is 0 Å². The minimum Gasteiger partial charge on any atom is -0.318 e. The first-order valence-corrected chi connectivity index (χ1v) is 6.41. The summed E-state index contributed by atoms with van der Waals surface area (Å²) < 4.78 is 1.06. The van der Waals surface area contributed by atoms with E-state index in [0.29, 0.717) is 0 Å². The summed E-state index contributed by atoms with van der Waals surface area (Å²) in [6, 6.07) is 12.1. The third-order valence-electron chi connectivity index (χ3n) is 3.11. The Hall–Kier alpha value is -1.19. The van der Waals surface area contributed by atoms with Crippen LogP contribution in [0.1, 0.15) is 24.5 Å². The fraction of sp³-hybridized carbons (Fsp3) is 0.214. The van der Waals surface area contributed by atoms with Crippen molar-refractivity contribution < 1.29 is 0 Å². The Balaban J connectivity index is 2.48. The number of hydrogen-bond donors (Lipinski definition) is 1. The van der Waals surface area contributed by atoms with Gasteiger partial charge in [0.05, 0.1) is 5.54 Å². The molecule has 1 atom stereocenters. The Morgan fingerprint density at radius 2 is 1.59 bits per heavy atom. The van der Waals surface area contributed by atoms with Crippen LogP contribution in [0.25, 0.3) is 0 Å². The SMILES string of the molecule is CCC(N)(c1ccncc1)c1ccc(Br)cc1. The lowest BCUT2D eigenvalue weighted by Gasteiger charge is -2.29. The van der Waals surface area contributed by atoms with Gasteiger partial charge in [0.1, 0.15) is 0 Å². The number of benzene rings is 1. The first kappa shape index (κ1) is 12.3. The van der Waals surface area contributed by atoms with Crippen molar-refractivity contribution >= 4 is 15.9 Å². The molecule has 0 fully saturated rings. The molecule has 0 spiro atoms. The molecule has 2 nitrogen and oxygen atoms in total. The highest BCUT2D eigenvalue weighted by molar-refractivity contribution is 9.10. The molecule has 0 saturated heterocycles. The number of rotatable bonds is 3. The second kappa shape index (κ2) is 4.98. The zero-order chi connectivity index (χ0) is 12.3. The minimum absolute atomic E-state index is 0.441. The first-order chi connectivity index (χ1) is 8.16. The van der Waals surface area contributed by atoms with Gasteiger partial charge in [0, 0.05) is 16.9 Å². The molecule has 17 heavy (non-hydrogen) atoms. The third kappa shape index (κ3) is 2.40. The molecule has 0 aliphatic rings. The van der Waals surface area contributed by atoms with Crippen LogP contribution in [-0.2, 0) is 5.54 Å². The maximum absolute atomic E-state index is 6.55. The summed E-state index contributed by atoms with van der Waals surface area (Å²) in [5.41, 5.74) is 8.32. The van der Waals surface area contributed by atoms with E-state index < -0.39 is 5.54 Å².